The summed E-state index contributed by atoms with van der Waals surface area (Å²) in [5, 5.41) is 2.68. The van der Waals surface area contributed by atoms with Gasteiger partial charge in [-0.25, -0.2) is 0 Å². The molecule has 1 unspecified atom stereocenters. The quantitative estimate of drug-likeness (QED) is 0.510. The Balaban J connectivity index is 1.87. The summed E-state index contributed by atoms with van der Waals surface area (Å²) in [6.45, 7) is 4.74. The average Bonchev–Trinajstić information content (AvgIpc) is 2.71. The minimum atomic E-state index is -1.04. The van der Waals surface area contributed by atoms with Gasteiger partial charge in [0.25, 0.3) is 5.91 Å². The maximum absolute atomic E-state index is 12.6. The number of carbonyl (C=O) groups is 4. The van der Waals surface area contributed by atoms with Crippen LogP contribution >= 0.6 is 0 Å². The number of primary amides is 1. The van der Waals surface area contributed by atoms with Crippen molar-refractivity contribution in [1.82, 2.24) is 10.2 Å². The molecule has 1 atom stereocenters. The molecule has 0 saturated carbocycles. The van der Waals surface area contributed by atoms with E-state index in [2.05, 4.69) is 5.32 Å². The highest BCUT2D eigenvalue weighted by Gasteiger charge is 2.31. The number of nitrogens with one attached hydrogen (secondary N) is 1. The average molecular weight is 399 g/mol. The first kappa shape index (κ1) is 22.3. The van der Waals surface area contributed by atoms with Crippen LogP contribution in [0.25, 0.3) is 6.08 Å². The first-order valence-electron chi connectivity index (χ1n) is 9.94. The van der Waals surface area contributed by atoms with Gasteiger partial charge in [-0.2, -0.15) is 0 Å². The smallest absolute Gasteiger partial charge is 0.287 e. The van der Waals surface area contributed by atoms with Gasteiger partial charge in [-0.1, -0.05) is 44.2 Å². The third kappa shape index (κ3) is 6.85. The minimum Gasteiger partial charge on any atom is -0.363 e. The second-order valence-electron chi connectivity index (χ2n) is 7.76. The van der Waals surface area contributed by atoms with Crippen molar-refractivity contribution in [2.24, 2.45) is 17.6 Å². The Morgan fingerprint density at radius 1 is 1.14 bits per heavy atom. The Morgan fingerprint density at radius 3 is 2.31 bits per heavy atom. The molecule has 1 fully saturated rings. The molecule has 7 nitrogen and oxygen atoms in total. The number of ketones is 1. The second kappa shape index (κ2) is 10.5. The number of rotatable bonds is 8. The van der Waals surface area contributed by atoms with Gasteiger partial charge < -0.3 is 16.0 Å². The lowest BCUT2D eigenvalue weighted by molar-refractivity contribution is -0.139. The molecule has 1 heterocycles. The van der Waals surface area contributed by atoms with Crippen molar-refractivity contribution in [2.75, 3.05) is 13.1 Å². The first-order chi connectivity index (χ1) is 13.8. The molecule has 1 aliphatic heterocycles. The second-order valence-corrected chi connectivity index (χ2v) is 7.76. The van der Waals surface area contributed by atoms with E-state index in [-0.39, 0.29) is 23.7 Å². The highest BCUT2D eigenvalue weighted by Crippen LogP contribution is 2.19. The zero-order chi connectivity index (χ0) is 21.4. The van der Waals surface area contributed by atoms with Gasteiger partial charge >= 0.3 is 0 Å². The number of hydrogen-bond acceptors (Lipinski definition) is 4. The number of piperidine rings is 1. The summed E-state index contributed by atoms with van der Waals surface area (Å²) in [7, 11) is 0. The van der Waals surface area contributed by atoms with E-state index in [1.165, 1.54) is 0 Å². The molecule has 0 aliphatic carbocycles. The summed E-state index contributed by atoms with van der Waals surface area (Å²) >= 11 is 0. The molecule has 7 heteroatoms. The molecule has 3 N–H and O–H groups in total. The standard InChI is InChI=1S/C22H29N3O4/c1-15(2)14-18(20(27)21(23)28)24-22(29)17-10-12-25(13-11-17)19(26)9-8-16-6-4-3-5-7-16/h3-9,15,17-18H,10-14H2,1-2H3,(H2,23,28)(H,24,29)/b9-8+. The fourth-order valence-corrected chi connectivity index (χ4v) is 3.36. The zero-order valence-corrected chi connectivity index (χ0v) is 17.0. The van der Waals surface area contributed by atoms with E-state index in [1.54, 1.807) is 17.1 Å². The van der Waals surface area contributed by atoms with Crippen LogP contribution in [0.15, 0.2) is 36.4 Å². The van der Waals surface area contributed by atoms with Crippen molar-refractivity contribution in [3.63, 3.8) is 0 Å². The van der Waals surface area contributed by atoms with E-state index >= 15 is 0 Å². The monoisotopic (exact) mass is 399 g/mol. The Morgan fingerprint density at radius 2 is 1.76 bits per heavy atom. The predicted octanol–water partition coefficient (Wildman–Crippen LogP) is 1.52. The summed E-state index contributed by atoms with van der Waals surface area (Å²) in [6.07, 6.45) is 4.69. The van der Waals surface area contributed by atoms with Crippen LogP contribution in [0.3, 0.4) is 0 Å². The zero-order valence-electron chi connectivity index (χ0n) is 17.0. The minimum absolute atomic E-state index is 0.0886. The molecule has 3 amide bonds. The van der Waals surface area contributed by atoms with E-state index in [1.807, 2.05) is 44.2 Å². The van der Waals surface area contributed by atoms with Crippen molar-refractivity contribution < 1.29 is 19.2 Å². The number of nitrogens with zero attached hydrogens (tertiary/aromatic N) is 1. The van der Waals surface area contributed by atoms with Gasteiger partial charge in [0.2, 0.25) is 17.6 Å². The summed E-state index contributed by atoms with van der Waals surface area (Å²) in [5.74, 6) is -2.34. The molecule has 0 aromatic heterocycles. The van der Waals surface area contributed by atoms with E-state index in [0.29, 0.717) is 32.4 Å². The third-order valence-electron chi connectivity index (χ3n) is 4.98. The van der Waals surface area contributed by atoms with Gasteiger partial charge in [0.15, 0.2) is 0 Å². The third-order valence-corrected chi connectivity index (χ3v) is 4.98. The number of carbonyl (C=O) groups excluding carboxylic acids is 4. The Kier molecular flexibility index (Phi) is 8.12. The number of benzene rings is 1. The highest BCUT2D eigenvalue weighted by molar-refractivity contribution is 6.37. The number of Topliss-reactive ketones (excluding diaryl/α,β-unsaturated/α-hetero) is 1. The Hall–Kier alpha value is -2.96. The fraction of sp³-hybridized carbons (Fsp3) is 0.455. The van der Waals surface area contributed by atoms with Gasteiger partial charge in [0.05, 0.1) is 6.04 Å². The number of nitrogens with two attached hydrogens (primary N) is 1. The summed E-state index contributed by atoms with van der Waals surface area (Å²) in [5.41, 5.74) is 6.05. The van der Waals surface area contributed by atoms with Gasteiger partial charge in [0.1, 0.15) is 0 Å². The van der Waals surface area contributed by atoms with E-state index in [0.717, 1.165) is 5.56 Å². The molecular formula is C22H29N3O4. The molecule has 1 aromatic rings. The maximum Gasteiger partial charge on any atom is 0.287 e. The van der Waals surface area contributed by atoms with Crippen molar-refractivity contribution in [1.29, 1.82) is 0 Å². The van der Waals surface area contributed by atoms with Crippen LogP contribution in [0.5, 0.6) is 0 Å². The highest BCUT2D eigenvalue weighted by atomic mass is 16.2. The molecule has 1 aromatic carbocycles. The van der Waals surface area contributed by atoms with Crippen LogP contribution in [0.1, 0.15) is 38.7 Å². The number of amides is 3. The van der Waals surface area contributed by atoms with Crippen molar-refractivity contribution in [2.45, 2.75) is 39.2 Å². The van der Waals surface area contributed by atoms with E-state index < -0.39 is 17.7 Å². The van der Waals surface area contributed by atoms with Crippen LogP contribution in [0, 0.1) is 11.8 Å². The largest absolute Gasteiger partial charge is 0.363 e. The molecule has 0 radical (unpaired) electrons. The number of likely N-dealkylation sites (tertiary alicyclic amines) is 1. The van der Waals surface area contributed by atoms with Gasteiger partial charge in [-0.15, -0.1) is 0 Å². The summed E-state index contributed by atoms with van der Waals surface area (Å²) in [6, 6.07) is 8.67. The van der Waals surface area contributed by atoms with Gasteiger partial charge in [-0.3, -0.25) is 19.2 Å². The predicted molar refractivity (Wildman–Crippen MR) is 110 cm³/mol. The topological polar surface area (TPSA) is 110 Å². The molecule has 0 bridgehead atoms. The van der Waals surface area contributed by atoms with Crippen LogP contribution in [0.4, 0.5) is 0 Å². The molecule has 29 heavy (non-hydrogen) atoms. The van der Waals surface area contributed by atoms with Gasteiger partial charge in [0, 0.05) is 25.1 Å². The lowest BCUT2D eigenvalue weighted by Crippen LogP contribution is -2.50. The van der Waals surface area contributed by atoms with Crippen molar-refractivity contribution in [3.05, 3.63) is 42.0 Å². The van der Waals surface area contributed by atoms with E-state index in [9.17, 15) is 19.2 Å². The van der Waals surface area contributed by atoms with Gasteiger partial charge in [-0.05, 0) is 36.8 Å². The van der Waals surface area contributed by atoms with Crippen LogP contribution in [-0.2, 0) is 19.2 Å². The van der Waals surface area contributed by atoms with Crippen LogP contribution in [0.2, 0.25) is 0 Å². The maximum atomic E-state index is 12.6. The van der Waals surface area contributed by atoms with E-state index in [4.69, 9.17) is 5.73 Å². The molecule has 2 rings (SSSR count). The fourth-order valence-electron chi connectivity index (χ4n) is 3.36. The van der Waals surface area contributed by atoms with Crippen LogP contribution < -0.4 is 11.1 Å². The lowest BCUT2D eigenvalue weighted by Gasteiger charge is -2.31. The normalized spacial score (nSPS) is 16.0. The molecule has 0 spiro atoms. The van der Waals surface area contributed by atoms with Crippen molar-refractivity contribution >= 4 is 29.6 Å². The summed E-state index contributed by atoms with van der Waals surface area (Å²) < 4.78 is 0. The van der Waals surface area contributed by atoms with Crippen LogP contribution in [-0.4, -0.2) is 47.5 Å². The number of hydrogen-bond donors (Lipinski definition) is 2. The molecule has 156 valence electrons. The Labute approximate surface area is 171 Å². The first-order valence-corrected chi connectivity index (χ1v) is 9.94. The molecule has 1 saturated heterocycles. The SMILES string of the molecule is CC(C)CC(NC(=O)C1CCN(C(=O)/C=C/c2ccccc2)CC1)C(=O)C(N)=O. The van der Waals surface area contributed by atoms with Crippen molar-refractivity contribution in [3.8, 4) is 0 Å². The molecule has 1 aliphatic rings. The Bertz CT molecular complexity index is 766. The summed E-state index contributed by atoms with van der Waals surface area (Å²) in [4.78, 5) is 49.8. The lowest BCUT2D eigenvalue weighted by atomic mass is 9.93. The molecular weight excluding hydrogens is 370 g/mol.